The first-order valence-electron chi connectivity index (χ1n) is 8.35. The van der Waals surface area contributed by atoms with Crippen LogP contribution in [0.2, 0.25) is 5.02 Å². The van der Waals surface area contributed by atoms with Crippen molar-refractivity contribution in [3.05, 3.63) is 59.2 Å². The van der Waals surface area contributed by atoms with E-state index in [4.69, 9.17) is 21.1 Å². The van der Waals surface area contributed by atoms with Gasteiger partial charge in [0.05, 0.1) is 20.4 Å². The van der Waals surface area contributed by atoms with Crippen LogP contribution in [0.15, 0.2) is 48.7 Å². The number of anilines is 3. The van der Waals surface area contributed by atoms with E-state index in [2.05, 4.69) is 25.8 Å². The number of benzene rings is 2. The van der Waals surface area contributed by atoms with Crippen LogP contribution in [0.25, 0.3) is 0 Å². The standard InChI is InChI=1S/C19H20ClN5O2/c1-26-16-8-7-15(11-17(16)27-2)23-19-24-18(12-22-25-19)21-10-9-13-3-5-14(20)6-4-13/h3-8,11-12H,9-10H2,1-2H3,(H2,21,23,24,25). The van der Waals surface area contributed by atoms with Crippen LogP contribution < -0.4 is 20.1 Å². The van der Waals surface area contributed by atoms with Crippen LogP contribution >= 0.6 is 11.6 Å². The third kappa shape index (κ3) is 5.21. The maximum Gasteiger partial charge on any atom is 0.249 e. The Morgan fingerprint density at radius 1 is 1.00 bits per heavy atom. The van der Waals surface area contributed by atoms with Gasteiger partial charge < -0.3 is 20.1 Å². The van der Waals surface area contributed by atoms with Crippen molar-refractivity contribution >= 4 is 29.1 Å². The van der Waals surface area contributed by atoms with Crippen LogP contribution in [0.5, 0.6) is 11.5 Å². The molecule has 27 heavy (non-hydrogen) atoms. The summed E-state index contributed by atoms with van der Waals surface area (Å²) in [6, 6.07) is 13.2. The van der Waals surface area contributed by atoms with Gasteiger partial charge in [0.15, 0.2) is 17.3 Å². The molecular weight excluding hydrogens is 366 g/mol. The van der Waals surface area contributed by atoms with Gasteiger partial charge in [-0.05, 0) is 36.2 Å². The summed E-state index contributed by atoms with van der Waals surface area (Å²) in [6.07, 6.45) is 2.43. The lowest BCUT2D eigenvalue weighted by atomic mass is 10.1. The van der Waals surface area contributed by atoms with E-state index in [1.165, 1.54) is 5.56 Å². The summed E-state index contributed by atoms with van der Waals surface area (Å²) in [6.45, 7) is 0.718. The molecule has 0 aliphatic carbocycles. The SMILES string of the molecule is COc1ccc(Nc2nncc(NCCc3ccc(Cl)cc3)n2)cc1OC. The molecule has 0 spiro atoms. The number of nitrogens with zero attached hydrogens (tertiary/aromatic N) is 3. The van der Waals surface area contributed by atoms with E-state index in [0.717, 1.165) is 23.7 Å². The molecule has 7 nitrogen and oxygen atoms in total. The lowest BCUT2D eigenvalue weighted by Crippen LogP contribution is -2.08. The molecule has 2 aromatic carbocycles. The van der Waals surface area contributed by atoms with Crippen molar-refractivity contribution in [3.8, 4) is 11.5 Å². The molecule has 0 radical (unpaired) electrons. The molecule has 3 aromatic rings. The topological polar surface area (TPSA) is 81.2 Å². The maximum atomic E-state index is 5.90. The fourth-order valence-corrected chi connectivity index (χ4v) is 2.60. The molecule has 0 saturated carbocycles. The van der Waals surface area contributed by atoms with E-state index in [-0.39, 0.29) is 0 Å². The third-order valence-corrected chi connectivity index (χ3v) is 4.08. The highest BCUT2D eigenvalue weighted by Crippen LogP contribution is 2.30. The predicted molar refractivity (Wildman–Crippen MR) is 106 cm³/mol. The quantitative estimate of drug-likeness (QED) is 0.607. The zero-order chi connectivity index (χ0) is 19.1. The van der Waals surface area contributed by atoms with Gasteiger partial charge in [-0.15, -0.1) is 5.10 Å². The van der Waals surface area contributed by atoms with E-state index in [1.54, 1.807) is 20.4 Å². The second-order valence-corrected chi connectivity index (χ2v) is 6.10. The van der Waals surface area contributed by atoms with E-state index >= 15 is 0 Å². The fourth-order valence-electron chi connectivity index (χ4n) is 2.47. The number of rotatable bonds is 8. The highest BCUT2D eigenvalue weighted by atomic mass is 35.5. The summed E-state index contributed by atoms with van der Waals surface area (Å²) in [5, 5.41) is 15.1. The number of halogens is 1. The monoisotopic (exact) mass is 385 g/mol. The molecule has 3 rings (SSSR count). The van der Waals surface area contributed by atoms with Crippen molar-refractivity contribution in [2.24, 2.45) is 0 Å². The number of hydrogen-bond acceptors (Lipinski definition) is 7. The summed E-state index contributed by atoms with van der Waals surface area (Å²) in [5.41, 5.74) is 1.96. The Balaban J connectivity index is 1.60. The number of aromatic nitrogens is 3. The molecule has 0 aliphatic heterocycles. The second kappa shape index (κ2) is 9.05. The van der Waals surface area contributed by atoms with E-state index in [1.807, 2.05) is 42.5 Å². The van der Waals surface area contributed by atoms with Crippen LogP contribution in [0.4, 0.5) is 17.5 Å². The second-order valence-electron chi connectivity index (χ2n) is 5.66. The van der Waals surface area contributed by atoms with Crippen molar-refractivity contribution in [2.75, 3.05) is 31.4 Å². The van der Waals surface area contributed by atoms with Crippen molar-refractivity contribution in [3.63, 3.8) is 0 Å². The largest absolute Gasteiger partial charge is 0.493 e. The van der Waals surface area contributed by atoms with Gasteiger partial charge in [0.25, 0.3) is 0 Å². The molecule has 1 aromatic heterocycles. The van der Waals surface area contributed by atoms with Gasteiger partial charge >= 0.3 is 0 Å². The molecule has 0 atom stereocenters. The van der Waals surface area contributed by atoms with Gasteiger partial charge in [-0.25, -0.2) is 0 Å². The van der Waals surface area contributed by atoms with Crippen molar-refractivity contribution < 1.29 is 9.47 Å². The van der Waals surface area contributed by atoms with Crippen molar-refractivity contribution in [1.29, 1.82) is 0 Å². The number of methoxy groups -OCH3 is 2. The Labute approximate surface area is 162 Å². The van der Waals surface area contributed by atoms with E-state index in [0.29, 0.717) is 23.3 Å². The van der Waals surface area contributed by atoms with E-state index in [9.17, 15) is 0 Å². The Hall–Kier alpha value is -3.06. The van der Waals surface area contributed by atoms with Gasteiger partial charge in [-0.3, -0.25) is 0 Å². The maximum absolute atomic E-state index is 5.90. The summed E-state index contributed by atoms with van der Waals surface area (Å²) < 4.78 is 10.5. The lowest BCUT2D eigenvalue weighted by molar-refractivity contribution is 0.355. The van der Waals surface area contributed by atoms with Crippen LogP contribution in [0.1, 0.15) is 5.56 Å². The third-order valence-electron chi connectivity index (χ3n) is 3.83. The molecule has 140 valence electrons. The minimum absolute atomic E-state index is 0.388. The lowest BCUT2D eigenvalue weighted by Gasteiger charge is -2.11. The first kappa shape index (κ1) is 18.7. The highest BCUT2D eigenvalue weighted by Gasteiger charge is 2.07. The van der Waals surface area contributed by atoms with Crippen LogP contribution in [0.3, 0.4) is 0 Å². The smallest absolute Gasteiger partial charge is 0.249 e. The molecule has 2 N–H and O–H groups in total. The first-order chi connectivity index (χ1) is 13.2. The Morgan fingerprint density at radius 2 is 1.78 bits per heavy atom. The molecule has 0 bridgehead atoms. The van der Waals surface area contributed by atoms with Crippen molar-refractivity contribution in [1.82, 2.24) is 15.2 Å². The molecule has 0 saturated heterocycles. The van der Waals surface area contributed by atoms with Gasteiger partial charge in [-0.2, -0.15) is 10.1 Å². The average Bonchev–Trinajstić information content (AvgIpc) is 2.70. The Bertz CT molecular complexity index is 890. The number of hydrogen-bond donors (Lipinski definition) is 2. The average molecular weight is 386 g/mol. The summed E-state index contributed by atoms with van der Waals surface area (Å²) in [5.74, 6) is 2.30. The van der Waals surface area contributed by atoms with Gasteiger partial charge in [-0.1, -0.05) is 23.7 Å². The molecule has 0 fully saturated rings. The summed E-state index contributed by atoms with van der Waals surface area (Å²) in [4.78, 5) is 4.42. The Morgan fingerprint density at radius 3 is 2.52 bits per heavy atom. The van der Waals surface area contributed by atoms with Crippen LogP contribution in [0, 0.1) is 0 Å². The summed E-state index contributed by atoms with van der Waals surface area (Å²) in [7, 11) is 3.18. The minimum atomic E-state index is 0.388. The molecule has 1 heterocycles. The van der Waals surface area contributed by atoms with Gasteiger partial charge in [0.2, 0.25) is 5.95 Å². The fraction of sp³-hybridized carbons (Fsp3) is 0.211. The molecule has 0 aliphatic rings. The normalized spacial score (nSPS) is 10.3. The molecule has 8 heteroatoms. The number of ether oxygens (including phenoxy) is 2. The van der Waals surface area contributed by atoms with Gasteiger partial charge in [0.1, 0.15) is 0 Å². The summed E-state index contributed by atoms with van der Waals surface area (Å²) >= 11 is 5.90. The molecule has 0 amide bonds. The zero-order valence-electron chi connectivity index (χ0n) is 15.1. The highest BCUT2D eigenvalue weighted by molar-refractivity contribution is 6.30. The molecular formula is C19H20ClN5O2. The van der Waals surface area contributed by atoms with Crippen molar-refractivity contribution in [2.45, 2.75) is 6.42 Å². The predicted octanol–water partition coefficient (Wildman–Crippen LogP) is 3.94. The van der Waals surface area contributed by atoms with E-state index < -0.39 is 0 Å². The van der Waals surface area contributed by atoms with Gasteiger partial charge in [0, 0.05) is 23.3 Å². The minimum Gasteiger partial charge on any atom is -0.493 e. The molecule has 0 unspecified atom stereocenters. The Kier molecular flexibility index (Phi) is 6.27. The van der Waals surface area contributed by atoms with Crippen LogP contribution in [-0.4, -0.2) is 35.9 Å². The van der Waals surface area contributed by atoms with Crippen LogP contribution in [-0.2, 0) is 6.42 Å². The first-order valence-corrected chi connectivity index (χ1v) is 8.73. The zero-order valence-corrected chi connectivity index (χ0v) is 15.8. The number of nitrogens with one attached hydrogen (secondary N) is 2.